The summed E-state index contributed by atoms with van der Waals surface area (Å²) in [4.78, 5) is 40.2. The van der Waals surface area contributed by atoms with Crippen LogP contribution >= 0.6 is 0 Å². The van der Waals surface area contributed by atoms with Crippen molar-refractivity contribution in [3.05, 3.63) is 35.4 Å². The molecule has 0 radical (unpaired) electrons. The Labute approximate surface area is 147 Å². The topological polar surface area (TPSA) is 66.9 Å². The minimum absolute atomic E-state index is 0.00972. The van der Waals surface area contributed by atoms with Gasteiger partial charge in [0, 0.05) is 26.1 Å². The number of nitrogens with zero attached hydrogens (tertiary/aromatic N) is 2. The van der Waals surface area contributed by atoms with Crippen LogP contribution in [0.15, 0.2) is 24.3 Å². The summed E-state index contributed by atoms with van der Waals surface area (Å²) in [6.07, 6.45) is 0.131. The molecule has 2 heterocycles. The second-order valence-corrected chi connectivity index (χ2v) is 7.62. The van der Waals surface area contributed by atoms with Gasteiger partial charge in [0.05, 0.1) is 23.8 Å². The third kappa shape index (κ3) is 3.44. The van der Waals surface area contributed by atoms with Gasteiger partial charge in [-0.15, -0.1) is 0 Å². The molecule has 1 aromatic carbocycles. The van der Waals surface area contributed by atoms with Gasteiger partial charge in [-0.1, -0.05) is 32.9 Å². The van der Waals surface area contributed by atoms with Crippen LogP contribution in [0.3, 0.4) is 0 Å². The predicted octanol–water partition coefficient (Wildman–Crippen LogP) is 1.95. The Hall–Kier alpha value is -2.21. The van der Waals surface area contributed by atoms with Crippen LogP contribution in [-0.2, 0) is 9.53 Å². The molecule has 1 saturated heterocycles. The van der Waals surface area contributed by atoms with E-state index in [1.54, 1.807) is 29.2 Å². The average molecular weight is 344 g/mol. The zero-order valence-corrected chi connectivity index (χ0v) is 14.9. The molecule has 0 aliphatic carbocycles. The molecule has 1 atom stereocenters. The number of imide groups is 1. The third-order valence-corrected chi connectivity index (χ3v) is 4.81. The molecule has 134 valence electrons. The summed E-state index contributed by atoms with van der Waals surface area (Å²) in [5, 5.41) is 0. The van der Waals surface area contributed by atoms with E-state index in [1.165, 1.54) is 4.90 Å². The minimum Gasteiger partial charge on any atom is -0.374 e. The number of fused-ring (bicyclic) bond motifs is 1. The molecule has 0 aromatic heterocycles. The maximum absolute atomic E-state index is 12.5. The predicted molar refractivity (Wildman–Crippen MR) is 92.2 cm³/mol. The lowest BCUT2D eigenvalue weighted by Gasteiger charge is -2.39. The standard InChI is InChI=1S/C19H24N2O4/c1-19(2,3)15-12-20(10-11-25-15)16(22)8-9-21-17(23)13-6-4-5-7-14(13)18(21)24/h4-7,15H,8-12H2,1-3H3. The molecule has 0 bridgehead atoms. The number of ether oxygens (including phenoxy) is 1. The Morgan fingerprint density at radius 3 is 2.32 bits per heavy atom. The second-order valence-electron chi connectivity index (χ2n) is 7.62. The van der Waals surface area contributed by atoms with Gasteiger partial charge < -0.3 is 9.64 Å². The lowest BCUT2D eigenvalue weighted by Crippen LogP contribution is -2.50. The summed E-state index contributed by atoms with van der Waals surface area (Å²) in [6, 6.07) is 6.76. The van der Waals surface area contributed by atoms with E-state index in [4.69, 9.17) is 4.74 Å². The highest BCUT2D eigenvalue weighted by molar-refractivity contribution is 6.21. The molecule has 1 aromatic rings. The molecule has 0 saturated carbocycles. The lowest BCUT2D eigenvalue weighted by molar-refractivity contribution is -0.143. The summed E-state index contributed by atoms with van der Waals surface area (Å²) >= 11 is 0. The van der Waals surface area contributed by atoms with Crippen molar-refractivity contribution in [1.82, 2.24) is 9.80 Å². The van der Waals surface area contributed by atoms with E-state index in [0.29, 0.717) is 30.8 Å². The second kappa shape index (κ2) is 6.59. The van der Waals surface area contributed by atoms with Crippen molar-refractivity contribution in [1.29, 1.82) is 0 Å². The van der Waals surface area contributed by atoms with Gasteiger partial charge in [0.25, 0.3) is 11.8 Å². The highest BCUT2D eigenvalue weighted by Gasteiger charge is 2.36. The van der Waals surface area contributed by atoms with Crippen molar-refractivity contribution in [2.75, 3.05) is 26.2 Å². The largest absolute Gasteiger partial charge is 0.374 e. The van der Waals surface area contributed by atoms with Crippen LogP contribution < -0.4 is 0 Å². The van der Waals surface area contributed by atoms with Gasteiger partial charge in [-0.05, 0) is 17.5 Å². The number of morpholine rings is 1. The van der Waals surface area contributed by atoms with Crippen molar-refractivity contribution >= 4 is 17.7 Å². The van der Waals surface area contributed by atoms with Crippen LogP contribution in [0.2, 0.25) is 0 Å². The van der Waals surface area contributed by atoms with E-state index in [-0.39, 0.29) is 42.2 Å². The molecule has 6 nitrogen and oxygen atoms in total. The molecule has 2 aliphatic heterocycles. The summed E-state index contributed by atoms with van der Waals surface area (Å²) < 4.78 is 5.76. The van der Waals surface area contributed by atoms with E-state index >= 15 is 0 Å². The van der Waals surface area contributed by atoms with Crippen molar-refractivity contribution in [2.24, 2.45) is 5.41 Å². The van der Waals surface area contributed by atoms with Crippen LogP contribution in [0.1, 0.15) is 47.9 Å². The summed E-state index contributed by atoms with van der Waals surface area (Å²) in [6.45, 7) is 7.99. The van der Waals surface area contributed by atoms with E-state index in [1.807, 2.05) is 0 Å². The van der Waals surface area contributed by atoms with Gasteiger partial charge in [0.1, 0.15) is 0 Å². The number of benzene rings is 1. The smallest absolute Gasteiger partial charge is 0.261 e. The fourth-order valence-electron chi connectivity index (χ4n) is 3.21. The van der Waals surface area contributed by atoms with Gasteiger partial charge in [-0.2, -0.15) is 0 Å². The van der Waals surface area contributed by atoms with Crippen LogP contribution in [0.4, 0.5) is 0 Å². The summed E-state index contributed by atoms with van der Waals surface area (Å²) in [7, 11) is 0. The number of hydrogen-bond acceptors (Lipinski definition) is 4. The van der Waals surface area contributed by atoms with Crippen molar-refractivity contribution in [3.8, 4) is 0 Å². The van der Waals surface area contributed by atoms with Crippen LogP contribution in [-0.4, -0.2) is 59.9 Å². The van der Waals surface area contributed by atoms with Crippen LogP contribution in [0, 0.1) is 5.41 Å². The zero-order chi connectivity index (χ0) is 18.2. The number of carbonyl (C=O) groups is 3. The SMILES string of the molecule is CC(C)(C)C1CN(C(=O)CCN2C(=O)c3ccccc3C2=O)CCO1. The van der Waals surface area contributed by atoms with Crippen LogP contribution in [0.25, 0.3) is 0 Å². The highest BCUT2D eigenvalue weighted by Crippen LogP contribution is 2.26. The molecule has 1 unspecified atom stereocenters. The van der Waals surface area contributed by atoms with Gasteiger partial charge in [0.2, 0.25) is 5.91 Å². The van der Waals surface area contributed by atoms with E-state index in [9.17, 15) is 14.4 Å². The normalized spacial score (nSPS) is 20.8. The molecule has 3 amide bonds. The molecule has 6 heteroatoms. The van der Waals surface area contributed by atoms with Crippen molar-refractivity contribution in [3.63, 3.8) is 0 Å². The summed E-state index contributed by atoms with van der Waals surface area (Å²) in [5.41, 5.74) is 0.792. The maximum Gasteiger partial charge on any atom is 0.261 e. The van der Waals surface area contributed by atoms with Gasteiger partial charge in [-0.25, -0.2) is 0 Å². The summed E-state index contributed by atoms with van der Waals surface area (Å²) in [5.74, 6) is -0.681. The minimum atomic E-state index is -0.317. The Morgan fingerprint density at radius 1 is 1.16 bits per heavy atom. The molecular formula is C19H24N2O4. The fraction of sp³-hybridized carbons (Fsp3) is 0.526. The molecular weight excluding hydrogens is 320 g/mol. The van der Waals surface area contributed by atoms with E-state index < -0.39 is 0 Å². The van der Waals surface area contributed by atoms with E-state index in [0.717, 1.165) is 0 Å². The lowest BCUT2D eigenvalue weighted by atomic mass is 9.88. The van der Waals surface area contributed by atoms with Crippen LogP contribution in [0.5, 0.6) is 0 Å². The molecule has 2 aliphatic rings. The Kier molecular flexibility index (Phi) is 4.64. The first-order valence-corrected chi connectivity index (χ1v) is 8.63. The number of hydrogen-bond donors (Lipinski definition) is 0. The monoisotopic (exact) mass is 344 g/mol. The molecule has 1 fully saturated rings. The maximum atomic E-state index is 12.5. The van der Waals surface area contributed by atoms with E-state index in [2.05, 4.69) is 20.8 Å². The molecule has 0 N–H and O–H groups in total. The first-order valence-electron chi connectivity index (χ1n) is 8.63. The molecule has 3 rings (SSSR count). The highest BCUT2D eigenvalue weighted by atomic mass is 16.5. The number of carbonyl (C=O) groups excluding carboxylic acids is 3. The Bertz CT molecular complexity index is 673. The molecule has 0 spiro atoms. The van der Waals surface area contributed by atoms with Crippen molar-refractivity contribution in [2.45, 2.75) is 33.3 Å². The molecule has 25 heavy (non-hydrogen) atoms. The van der Waals surface area contributed by atoms with Gasteiger partial charge >= 0.3 is 0 Å². The zero-order valence-electron chi connectivity index (χ0n) is 14.9. The number of rotatable bonds is 3. The fourth-order valence-corrected chi connectivity index (χ4v) is 3.21. The number of amides is 3. The Morgan fingerprint density at radius 2 is 1.76 bits per heavy atom. The van der Waals surface area contributed by atoms with Crippen molar-refractivity contribution < 1.29 is 19.1 Å². The quantitative estimate of drug-likeness (QED) is 0.786. The first-order chi connectivity index (χ1) is 11.8. The Balaban J connectivity index is 1.60. The first kappa shape index (κ1) is 17.6. The third-order valence-electron chi connectivity index (χ3n) is 4.81. The average Bonchev–Trinajstić information content (AvgIpc) is 2.83. The van der Waals surface area contributed by atoms with Gasteiger partial charge in [0.15, 0.2) is 0 Å². The van der Waals surface area contributed by atoms with Gasteiger partial charge in [-0.3, -0.25) is 19.3 Å².